The van der Waals surface area contributed by atoms with E-state index in [1.165, 1.54) is 0 Å². The second-order valence-corrected chi connectivity index (χ2v) is 3.50. The molecule has 1 unspecified atom stereocenters. The standard InChI is InChI=1S/C9H13N3O3/c1-6-5-15-3-2-12(6)9-10-7(13)4-8(14)11-9/h4,6H,2-3,5H2,1H3,(H2,10,11,13,14). The Morgan fingerprint density at radius 2 is 2.07 bits per heavy atom. The highest BCUT2D eigenvalue weighted by Crippen LogP contribution is 2.21. The Morgan fingerprint density at radius 1 is 1.40 bits per heavy atom. The molecule has 0 amide bonds. The average Bonchev–Trinajstić information content (AvgIpc) is 2.16. The second-order valence-electron chi connectivity index (χ2n) is 3.50. The molecule has 1 aromatic rings. The first-order valence-electron chi connectivity index (χ1n) is 4.78. The van der Waals surface area contributed by atoms with Crippen molar-refractivity contribution in [1.82, 2.24) is 9.97 Å². The van der Waals surface area contributed by atoms with Gasteiger partial charge in [0.1, 0.15) is 0 Å². The molecule has 1 aliphatic heterocycles. The van der Waals surface area contributed by atoms with Crippen molar-refractivity contribution in [3.8, 4) is 11.8 Å². The van der Waals surface area contributed by atoms with Crippen LogP contribution >= 0.6 is 0 Å². The van der Waals surface area contributed by atoms with E-state index < -0.39 is 0 Å². The first-order chi connectivity index (χ1) is 7.16. The number of ether oxygens (including phenoxy) is 1. The summed E-state index contributed by atoms with van der Waals surface area (Å²) >= 11 is 0. The van der Waals surface area contributed by atoms with Crippen molar-refractivity contribution >= 4 is 5.95 Å². The van der Waals surface area contributed by atoms with Crippen molar-refractivity contribution in [2.75, 3.05) is 24.7 Å². The SMILES string of the molecule is CC1COCCN1c1nc(O)cc(O)n1. The van der Waals surface area contributed by atoms with Gasteiger partial charge < -0.3 is 19.8 Å². The molecule has 0 saturated carbocycles. The second kappa shape index (κ2) is 3.90. The first kappa shape index (κ1) is 9.97. The lowest BCUT2D eigenvalue weighted by atomic mass is 10.3. The van der Waals surface area contributed by atoms with Gasteiger partial charge in [0, 0.05) is 6.54 Å². The van der Waals surface area contributed by atoms with Gasteiger partial charge in [-0.1, -0.05) is 0 Å². The van der Waals surface area contributed by atoms with Crippen molar-refractivity contribution in [3.63, 3.8) is 0 Å². The van der Waals surface area contributed by atoms with Gasteiger partial charge in [-0.15, -0.1) is 0 Å². The Bertz CT molecular complexity index is 338. The highest BCUT2D eigenvalue weighted by Gasteiger charge is 2.22. The maximum absolute atomic E-state index is 9.24. The molecule has 1 fully saturated rings. The van der Waals surface area contributed by atoms with Crippen LogP contribution in [0.3, 0.4) is 0 Å². The highest BCUT2D eigenvalue weighted by atomic mass is 16.5. The summed E-state index contributed by atoms with van der Waals surface area (Å²) in [5.41, 5.74) is 0. The lowest BCUT2D eigenvalue weighted by Crippen LogP contribution is -2.44. The third-order valence-corrected chi connectivity index (χ3v) is 2.31. The topological polar surface area (TPSA) is 78.7 Å². The summed E-state index contributed by atoms with van der Waals surface area (Å²) < 4.78 is 5.27. The fourth-order valence-corrected chi connectivity index (χ4v) is 1.56. The fraction of sp³-hybridized carbons (Fsp3) is 0.556. The molecule has 82 valence electrons. The van der Waals surface area contributed by atoms with Crippen molar-refractivity contribution in [3.05, 3.63) is 6.07 Å². The van der Waals surface area contributed by atoms with Gasteiger partial charge in [-0.05, 0) is 6.92 Å². The number of hydrogen-bond donors (Lipinski definition) is 2. The molecule has 6 heteroatoms. The molecular formula is C9H13N3O3. The molecular weight excluding hydrogens is 198 g/mol. The molecule has 1 aliphatic rings. The summed E-state index contributed by atoms with van der Waals surface area (Å²) in [4.78, 5) is 9.62. The van der Waals surface area contributed by atoms with Gasteiger partial charge in [-0.25, -0.2) is 0 Å². The monoisotopic (exact) mass is 211 g/mol. The van der Waals surface area contributed by atoms with E-state index in [0.29, 0.717) is 25.7 Å². The largest absolute Gasteiger partial charge is 0.493 e. The zero-order chi connectivity index (χ0) is 10.8. The molecule has 0 spiro atoms. The Labute approximate surface area is 87.2 Å². The van der Waals surface area contributed by atoms with Gasteiger partial charge >= 0.3 is 0 Å². The summed E-state index contributed by atoms with van der Waals surface area (Å²) in [6.07, 6.45) is 0. The van der Waals surface area contributed by atoms with Crippen LogP contribution in [0.15, 0.2) is 6.07 Å². The fourth-order valence-electron chi connectivity index (χ4n) is 1.56. The molecule has 1 atom stereocenters. The van der Waals surface area contributed by atoms with E-state index >= 15 is 0 Å². The normalized spacial score (nSPS) is 21.7. The minimum atomic E-state index is -0.226. The van der Waals surface area contributed by atoms with Crippen molar-refractivity contribution in [2.24, 2.45) is 0 Å². The van der Waals surface area contributed by atoms with Crippen molar-refractivity contribution < 1.29 is 14.9 Å². The quantitative estimate of drug-likeness (QED) is 0.686. The Hall–Kier alpha value is -1.56. The molecule has 2 heterocycles. The van der Waals surface area contributed by atoms with Crippen LogP contribution in [0.1, 0.15) is 6.92 Å². The molecule has 1 aromatic heterocycles. The van der Waals surface area contributed by atoms with Crippen molar-refractivity contribution in [2.45, 2.75) is 13.0 Å². The van der Waals surface area contributed by atoms with E-state index in [1.54, 1.807) is 0 Å². The minimum absolute atomic E-state index is 0.139. The minimum Gasteiger partial charge on any atom is -0.493 e. The zero-order valence-electron chi connectivity index (χ0n) is 8.42. The van der Waals surface area contributed by atoms with Gasteiger partial charge in [0.05, 0.1) is 25.3 Å². The smallest absolute Gasteiger partial charge is 0.232 e. The average molecular weight is 211 g/mol. The number of aromatic hydroxyl groups is 2. The Morgan fingerprint density at radius 3 is 2.67 bits per heavy atom. The molecule has 15 heavy (non-hydrogen) atoms. The van der Waals surface area contributed by atoms with Crippen LogP contribution in [0, 0.1) is 0 Å². The lowest BCUT2D eigenvalue weighted by molar-refractivity contribution is 0.0979. The lowest BCUT2D eigenvalue weighted by Gasteiger charge is -2.33. The number of hydrogen-bond acceptors (Lipinski definition) is 6. The van der Waals surface area contributed by atoms with Gasteiger partial charge in [-0.3, -0.25) is 0 Å². The Balaban J connectivity index is 2.27. The molecule has 0 radical (unpaired) electrons. The summed E-state index contributed by atoms with van der Waals surface area (Å²) in [6, 6.07) is 1.24. The van der Waals surface area contributed by atoms with Gasteiger partial charge in [0.2, 0.25) is 17.7 Å². The number of aromatic nitrogens is 2. The van der Waals surface area contributed by atoms with Crippen LogP contribution in [-0.2, 0) is 4.74 Å². The third-order valence-electron chi connectivity index (χ3n) is 2.31. The van der Waals surface area contributed by atoms with E-state index in [1.807, 2.05) is 11.8 Å². The predicted octanol–water partition coefficient (Wildman–Crippen LogP) is 0.113. The van der Waals surface area contributed by atoms with Gasteiger partial charge in [0.15, 0.2) is 0 Å². The molecule has 0 aliphatic carbocycles. The number of anilines is 1. The van der Waals surface area contributed by atoms with E-state index in [-0.39, 0.29) is 17.8 Å². The summed E-state index contributed by atoms with van der Waals surface area (Å²) in [5.74, 6) is -0.115. The summed E-state index contributed by atoms with van der Waals surface area (Å²) in [5, 5.41) is 18.5. The van der Waals surface area contributed by atoms with Crippen LogP contribution < -0.4 is 4.90 Å². The molecule has 0 aromatic carbocycles. The van der Waals surface area contributed by atoms with E-state index in [4.69, 9.17) is 4.74 Å². The first-order valence-corrected chi connectivity index (χ1v) is 4.78. The predicted molar refractivity (Wildman–Crippen MR) is 53.0 cm³/mol. The third kappa shape index (κ3) is 2.10. The number of morpholine rings is 1. The highest BCUT2D eigenvalue weighted by molar-refractivity contribution is 5.37. The van der Waals surface area contributed by atoms with E-state index in [9.17, 15) is 10.2 Å². The molecule has 0 bridgehead atoms. The van der Waals surface area contributed by atoms with Crippen LogP contribution in [0.5, 0.6) is 11.8 Å². The molecule has 2 rings (SSSR count). The van der Waals surface area contributed by atoms with Crippen molar-refractivity contribution in [1.29, 1.82) is 0 Å². The van der Waals surface area contributed by atoms with E-state index in [0.717, 1.165) is 6.07 Å². The molecule has 2 N–H and O–H groups in total. The van der Waals surface area contributed by atoms with Gasteiger partial charge in [0.25, 0.3) is 0 Å². The molecule has 1 saturated heterocycles. The van der Waals surface area contributed by atoms with Crippen LogP contribution in [-0.4, -0.2) is 46.0 Å². The van der Waals surface area contributed by atoms with Crippen LogP contribution in [0.4, 0.5) is 5.95 Å². The van der Waals surface area contributed by atoms with Crippen LogP contribution in [0.2, 0.25) is 0 Å². The maximum Gasteiger partial charge on any atom is 0.232 e. The maximum atomic E-state index is 9.24. The number of rotatable bonds is 1. The number of nitrogens with zero attached hydrogens (tertiary/aromatic N) is 3. The van der Waals surface area contributed by atoms with Crippen LogP contribution in [0.25, 0.3) is 0 Å². The van der Waals surface area contributed by atoms with E-state index in [2.05, 4.69) is 9.97 Å². The Kier molecular flexibility index (Phi) is 2.59. The zero-order valence-corrected chi connectivity index (χ0v) is 8.42. The molecule has 6 nitrogen and oxygen atoms in total. The summed E-state index contributed by atoms with van der Waals surface area (Å²) in [7, 11) is 0. The summed E-state index contributed by atoms with van der Waals surface area (Å²) in [6.45, 7) is 3.83. The van der Waals surface area contributed by atoms with Gasteiger partial charge in [-0.2, -0.15) is 9.97 Å².